The van der Waals surface area contributed by atoms with Gasteiger partial charge in [0.25, 0.3) is 0 Å². The number of carbonyl (C=O) groups excluding carboxylic acids is 2. The van der Waals surface area contributed by atoms with Gasteiger partial charge in [0, 0.05) is 19.4 Å². The van der Waals surface area contributed by atoms with Crippen LogP contribution in [0, 0.1) is 5.92 Å². The summed E-state index contributed by atoms with van der Waals surface area (Å²) in [5.41, 5.74) is 0. The van der Waals surface area contributed by atoms with Gasteiger partial charge in [-0.15, -0.1) is 0 Å². The van der Waals surface area contributed by atoms with Gasteiger partial charge in [-0.05, 0) is 77.7 Å². The predicted molar refractivity (Wildman–Crippen MR) is 201 cm³/mol. The van der Waals surface area contributed by atoms with Gasteiger partial charge in [-0.25, -0.2) is 0 Å². The number of unbranched alkanes of at least 4 members (excludes halogenated alkanes) is 18. The van der Waals surface area contributed by atoms with Crippen molar-refractivity contribution in [3.05, 3.63) is 48.6 Å². The highest BCUT2D eigenvalue weighted by Crippen LogP contribution is 2.14. The van der Waals surface area contributed by atoms with Gasteiger partial charge in [0.15, 0.2) is 0 Å². The zero-order valence-corrected chi connectivity index (χ0v) is 30.7. The average Bonchev–Trinajstić information content (AvgIpc) is 3.06. The third-order valence-corrected chi connectivity index (χ3v) is 8.56. The van der Waals surface area contributed by atoms with Crippen LogP contribution in [0.3, 0.4) is 0 Å². The van der Waals surface area contributed by atoms with E-state index in [4.69, 9.17) is 4.74 Å². The summed E-state index contributed by atoms with van der Waals surface area (Å²) in [4.78, 5) is 25.0. The summed E-state index contributed by atoms with van der Waals surface area (Å²) in [5.74, 6) is -0.166. The van der Waals surface area contributed by atoms with Crippen molar-refractivity contribution in [2.75, 3.05) is 20.2 Å². The number of carbonyl (C=O) groups is 2. The van der Waals surface area contributed by atoms with E-state index in [1.54, 1.807) is 0 Å². The Kier molecular flexibility index (Phi) is 35.9. The second-order valence-electron chi connectivity index (χ2n) is 13.1. The lowest BCUT2D eigenvalue weighted by Crippen LogP contribution is -2.31. The van der Waals surface area contributed by atoms with Crippen molar-refractivity contribution in [3.8, 4) is 0 Å². The fraction of sp³-hybridized carbons (Fsp3) is 0.762. The van der Waals surface area contributed by atoms with Crippen molar-refractivity contribution in [2.45, 2.75) is 181 Å². The standard InChI is InChI=1S/C42H75NO3/c1-4-6-8-10-12-14-16-18-20-21-23-24-26-28-30-32-34-36-41(44)40(38-43-3)39-46-42(45)37-35-33-31-29-27-25-22-19-17-15-13-11-9-7-5-2/h11-14,17-20,40,43H,4-10,15-16,21-39H2,1-3H3/b13-11-,14-12-,19-17-,20-18-. The molecule has 0 aliphatic heterocycles. The Morgan fingerprint density at radius 2 is 0.935 bits per heavy atom. The molecule has 0 spiro atoms. The predicted octanol–water partition coefficient (Wildman–Crippen LogP) is 12.3. The molecule has 0 fully saturated rings. The number of esters is 1. The summed E-state index contributed by atoms with van der Waals surface area (Å²) in [6.07, 6.45) is 48.1. The molecule has 0 radical (unpaired) electrons. The number of rotatable bonds is 35. The first kappa shape index (κ1) is 44.1. The Bertz CT molecular complexity index is 782. The molecular formula is C42H75NO3. The van der Waals surface area contributed by atoms with Crippen molar-refractivity contribution in [1.82, 2.24) is 5.32 Å². The minimum atomic E-state index is -0.232. The smallest absolute Gasteiger partial charge is 0.305 e. The molecule has 0 rings (SSSR count). The number of hydrogen-bond donors (Lipinski definition) is 1. The summed E-state index contributed by atoms with van der Waals surface area (Å²) >= 11 is 0. The van der Waals surface area contributed by atoms with Crippen LogP contribution in [0.5, 0.6) is 0 Å². The highest BCUT2D eigenvalue weighted by Gasteiger charge is 2.19. The molecule has 1 N–H and O–H groups in total. The van der Waals surface area contributed by atoms with Crippen LogP contribution in [0.25, 0.3) is 0 Å². The maximum Gasteiger partial charge on any atom is 0.305 e. The lowest BCUT2D eigenvalue weighted by Gasteiger charge is -2.16. The van der Waals surface area contributed by atoms with Crippen molar-refractivity contribution >= 4 is 11.8 Å². The van der Waals surface area contributed by atoms with E-state index in [0.717, 1.165) is 44.9 Å². The van der Waals surface area contributed by atoms with Gasteiger partial charge in [0.2, 0.25) is 0 Å². The van der Waals surface area contributed by atoms with Gasteiger partial charge < -0.3 is 10.1 Å². The lowest BCUT2D eigenvalue weighted by atomic mass is 9.99. The Morgan fingerprint density at radius 3 is 1.41 bits per heavy atom. The summed E-state index contributed by atoms with van der Waals surface area (Å²) < 4.78 is 5.51. The molecule has 0 amide bonds. The van der Waals surface area contributed by atoms with Crippen LogP contribution >= 0.6 is 0 Å². The van der Waals surface area contributed by atoms with Crippen LogP contribution in [0.2, 0.25) is 0 Å². The molecule has 0 bridgehead atoms. The zero-order chi connectivity index (χ0) is 33.6. The number of nitrogens with one attached hydrogen (secondary N) is 1. The Balaban J connectivity index is 3.72. The molecule has 1 unspecified atom stereocenters. The number of hydrogen-bond acceptors (Lipinski definition) is 4. The molecule has 0 aromatic rings. The van der Waals surface area contributed by atoms with E-state index >= 15 is 0 Å². The topological polar surface area (TPSA) is 55.4 Å². The maximum absolute atomic E-state index is 12.8. The quantitative estimate of drug-likeness (QED) is 0.0425. The fourth-order valence-electron chi connectivity index (χ4n) is 5.51. The van der Waals surface area contributed by atoms with Gasteiger partial charge >= 0.3 is 5.97 Å². The van der Waals surface area contributed by atoms with Gasteiger partial charge in [0.1, 0.15) is 12.4 Å². The molecule has 0 saturated carbocycles. The van der Waals surface area contributed by atoms with E-state index < -0.39 is 0 Å². The molecule has 266 valence electrons. The fourth-order valence-corrected chi connectivity index (χ4v) is 5.51. The number of allylic oxidation sites excluding steroid dienone is 8. The number of ether oxygens (including phenoxy) is 1. The van der Waals surface area contributed by atoms with E-state index in [9.17, 15) is 9.59 Å². The van der Waals surface area contributed by atoms with E-state index in [-0.39, 0.29) is 24.3 Å². The van der Waals surface area contributed by atoms with Crippen LogP contribution in [0.4, 0.5) is 0 Å². The first-order chi connectivity index (χ1) is 22.7. The minimum Gasteiger partial charge on any atom is -0.465 e. The van der Waals surface area contributed by atoms with Crippen molar-refractivity contribution in [3.63, 3.8) is 0 Å². The first-order valence-corrected chi connectivity index (χ1v) is 19.6. The molecule has 0 aromatic carbocycles. The third-order valence-electron chi connectivity index (χ3n) is 8.56. The highest BCUT2D eigenvalue weighted by molar-refractivity contribution is 5.81. The van der Waals surface area contributed by atoms with Crippen molar-refractivity contribution < 1.29 is 14.3 Å². The van der Waals surface area contributed by atoms with Crippen LogP contribution in [-0.2, 0) is 14.3 Å². The molecular weight excluding hydrogens is 566 g/mol. The molecule has 0 heterocycles. The minimum absolute atomic E-state index is 0.159. The third kappa shape index (κ3) is 33.4. The second kappa shape index (κ2) is 37.5. The summed E-state index contributed by atoms with van der Waals surface area (Å²) in [7, 11) is 1.85. The first-order valence-electron chi connectivity index (χ1n) is 19.6. The zero-order valence-electron chi connectivity index (χ0n) is 30.7. The van der Waals surface area contributed by atoms with Gasteiger partial charge in [-0.2, -0.15) is 0 Å². The van der Waals surface area contributed by atoms with Crippen LogP contribution in [0.15, 0.2) is 48.6 Å². The molecule has 46 heavy (non-hydrogen) atoms. The van der Waals surface area contributed by atoms with Gasteiger partial charge in [-0.1, -0.05) is 146 Å². The van der Waals surface area contributed by atoms with Crippen molar-refractivity contribution in [1.29, 1.82) is 0 Å². The highest BCUT2D eigenvalue weighted by atomic mass is 16.5. The largest absolute Gasteiger partial charge is 0.465 e. The molecule has 0 saturated heterocycles. The average molecular weight is 642 g/mol. The van der Waals surface area contributed by atoms with Crippen molar-refractivity contribution in [2.24, 2.45) is 5.92 Å². The van der Waals surface area contributed by atoms with E-state index in [0.29, 0.717) is 19.4 Å². The molecule has 0 aromatic heterocycles. The van der Waals surface area contributed by atoms with Crippen LogP contribution in [0.1, 0.15) is 181 Å². The Morgan fingerprint density at radius 1 is 0.522 bits per heavy atom. The number of ketones is 1. The maximum atomic E-state index is 12.8. The van der Waals surface area contributed by atoms with Gasteiger partial charge in [0.05, 0.1) is 5.92 Å². The molecule has 4 nitrogen and oxygen atoms in total. The lowest BCUT2D eigenvalue weighted by molar-refractivity contribution is -0.146. The SMILES string of the molecule is CCCC/C=C\C/C=C\CCCCCCCCC(=O)OCC(CNC)C(=O)CCCCCCCCC/C=C\C/C=C\CCCCC. The van der Waals surface area contributed by atoms with E-state index in [1.165, 1.54) is 109 Å². The summed E-state index contributed by atoms with van der Waals surface area (Å²) in [6, 6.07) is 0. The number of Topliss-reactive ketones (excluding diaryl/α,β-unsaturated/α-hetero) is 1. The monoisotopic (exact) mass is 642 g/mol. The van der Waals surface area contributed by atoms with E-state index in [1.807, 2.05) is 7.05 Å². The molecule has 0 aliphatic carbocycles. The summed E-state index contributed by atoms with van der Waals surface area (Å²) in [5, 5.41) is 3.10. The Hall–Kier alpha value is -1.94. The van der Waals surface area contributed by atoms with Crippen LogP contribution < -0.4 is 5.32 Å². The second-order valence-corrected chi connectivity index (χ2v) is 13.1. The van der Waals surface area contributed by atoms with E-state index in [2.05, 4.69) is 67.8 Å². The van der Waals surface area contributed by atoms with Gasteiger partial charge in [-0.3, -0.25) is 9.59 Å². The van der Waals surface area contributed by atoms with Crippen LogP contribution in [-0.4, -0.2) is 32.0 Å². The normalized spacial score (nSPS) is 12.8. The molecule has 4 heteroatoms. The molecule has 0 aliphatic rings. The molecule has 1 atom stereocenters. The Labute approximate surface area is 286 Å². The summed E-state index contributed by atoms with van der Waals surface area (Å²) in [6.45, 7) is 5.26.